The van der Waals surface area contributed by atoms with E-state index in [0.29, 0.717) is 11.4 Å². The lowest BCUT2D eigenvalue weighted by molar-refractivity contribution is 0.157. The van der Waals surface area contributed by atoms with Gasteiger partial charge in [0.2, 0.25) is 0 Å². The highest BCUT2D eigenvalue weighted by Gasteiger charge is 2.54. The molecule has 7 heteroatoms. The molecular formula is C28H31N3O3S. The molecule has 0 aliphatic carbocycles. The molecule has 2 saturated heterocycles. The van der Waals surface area contributed by atoms with E-state index in [2.05, 4.69) is 57.0 Å². The number of benzene rings is 3. The van der Waals surface area contributed by atoms with Gasteiger partial charge in [-0.25, -0.2) is 0 Å². The van der Waals surface area contributed by atoms with E-state index in [1.165, 1.54) is 16.8 Å². The minimum Gasteiger partial charge on any atom is -0.593 e. The first-order valence-electron chi connectivity index (χ1n) is 12.3. The molecule has 3 aromatic carbocycles. The van der Waals surface area contributed by atoms with E-state index in [4.69, 9.17) is 4.74 Å². The van der Waals surface area contributed by atoms with E-state index in [9.17, 15) is 8.76 Å². The number of rotatable bonds is 7. The number of fused-ring (bicyclic) bond motifs is 1. The van der Waals surface area contributed by atoms with Gasteiger partial charge in [0.25, 0.3) is 0 Å². The Morgan fingerprint density at radius 2 is 1.74 bits per heavy atom. The number of anilines is 1. The van der Waals surface area contributed by atoms with Crippen molar-refractivity contribution >= 4 is 16.1 Å². The van der Waals surface area contributed by atoms with Gasteiger partial charge in [0, 0.05) is 56.8 Å². The maximum Gasteiger partial charge on any atom is 0.175 e. The lowest BCUT2D eigenvalue weighted by Crippen LogP contribution is -2.62. The molecule has 0 bridgehead atoms. The van der Waals surface area contributed by atoms with Crippen LogP contribution in [0.15, 0.2) is 83.8 Å². The molecule has 3 aliphatic rings. The van der Waals surface area contributed by atoms with E-state index >= 15 is 0 Å². The van der Waals surface area contributed by atoms with Gasteiger partial charge in [-0.05, 0) is 47.4 Å². The third-order valence-corrected chi connectivity index (χ3v) is 9.19. The minimum absolute atomic E-state index is 0.0783. The Bertz CT molecular complexity index is 1230. The van der Waals surface area contributed by atoms with E-state index in [1.807, 2.05) is 12.1 Å². The van der Waals surface area contributed by atoms with Crippen molar-refractivity contribution in [2.45, 2.75) is 17.9 Å². The lowest BCUT2D eigenvalue weighted by Gasteiger charge is -2.52. The lowest BCUT2D eigenvalue weighted by atomic mass is 9.71. The van der Waals surface area contributed by atoms with Crippen molar-refractivity contribution in [2.75, 3.05) is 44.2 Å². The summed E-state index contributed by atoms with van der Waals surface area (Å²) >= 11 is 0. The molecule has 6 nitrogen and oxygen atoms in total. The van der Waals surface area contributed by atoms with Crippen molar-refractivity contribution in [1.29, 1.82) is 0 Å². The zero-order valence-corrected chi connectivity index (χ0v) is 20.6. The first-order chi connectivity index (χ1) is 17.0. The second-order valence-corrected chi connectivity index (χ2v) is 11.9. The number of sulfonamides is 1. The quantitative estimate of drug-likeness (QED) is 0.512. The summed E-state index contributed by atoms with van der Waals surface area (Å²) < 4.78 is 34.4. The normalized spacial score (nSPS) is 22.4. The fourth-order valence-electron chi connectivity index (χ4n) is 5.93. The second kappa shape index (κ2) is 9.06. The van der Waals surface area contributed by atoms with Crippen LogP contribution in [0.1, 0.15) is 11.1 Å². The fourth-order valence-corrected chi connectivity index (χ4v) is 7.03. The molecule has 0 aromatic heterocycles. The Balaban J connectivity index is 1.18. The van der Waals surface area contributed by atoms with Crippen molar-refractivity contribution in [3.63, 3.8) is 0 Å². The van der Waals surface area contributed by atoms with E-state index in [-0.39, 0.29) is 11.3 Å². The van der Waals surface area contributed by atoms with Gasteiger partial charge in [0.05, 0.1) is 6.61 Å². The molecule has 0 amide bonds. The van der Waals surface area contributed by atoms with Crippen LogP contribution in [0.5, 0.6) is 5.75 Å². The van der Waals surface area contributed by atoms with Gasteiger partial charge < -0.3 is 14.2 Å². The van der Waals surface area contributed by atoms with Crippen LogP contribution in [0.25, 0.3) is 0 Å². The Hall–Kier alpha value is -2.71. The van der Waals surface area contributed by atoms with Crippen LogP contribution < -0.4 is 14.4 Å². The van der Waals surface area contributed by atoms with Crippen LogP contribution >= 0.6 is 0 Å². The van der Waals surface area contributed by atoms with Crippen molar-refractivity contribution in [3.05, 3.63) is 90.0 Å². The number of nitrogens with zero attached hydrogens (tertiary/aromatic N) is 2. The maximum atomic E-state index is 12.9. The molecule has 1 N–H and O–H groups in total. The second-order valence-electron chi connectivity index (χ2n) is 10.1. The van der Waals surface area contributed by atoms with Crippen LogP contribution in [0.3, 0.4) is 0 Å². The van der Waals surface area contributed by atoms with E-state index in [0.717, 1.165) is 51.5 Å². The number of hydrogen-bond acceptors (Lipinski definition) is 5. The molecular weight excluding hydrogens is 458 g/mol. The first kappa shape index (κ1) is 22.7. The number of likely N-dealkylation sites (tertiary alicyclic amines) is 1. The van der Waals surface area contributed by atoms with Gasteiger partial charge >= 0.3 is 0 Å². The Labute approximate surface area is 208 Å². The molecule has 0 saturated carbocycles. The third kappa shape index (κ3) is 4.49. The summed E-state index contributed by atoms with van der Waals surface area (Å²) in [6, 6.07) is 25.7. The highest BCUT2D eigenvalue weighted by Crippen LogP contribution is 2.46. The largest absolute Gasteiger partial charge is 0.593 e. The predicted octanol–water partition coefficient (Wildman–Crippen LogP) is 3.75. The molecule has 35 heavy (non-hydrogen) atoms. The fraction of sp³-hybridized carbons (Fsp3) is 0.357. The van der Waals surface area contributed by atoms with E-state index < -0.39 is 10.4 Å². The zero-order chi connectivity index (χ0) is 23.9. The van der Waals surface area contributed by atoms with Gasteiger partial charge in [0.1, 0.15) is 5.75 Å². The summed E-state index contributed by atoms with van der Waals surface area (Å²) in [5.41, 5.74) is 3.91. The van der Waals surface area contributed by atoms with Gasteiger partial charge in [-0.1, -0.05) is 52.7 Å². The molecule has 3 heterocycles. The number of hydrogen-bond donors (Lipinski definition) is 1. The van der Waals surface area contributed by atoms with Gasteiger partial charge in [-0.15, -0.1) is 4.72 Å². The highest BCUT2D eigenvalue weighted by atomic mass is 32.3. The topological polar surface area (TPSA) is 67.9 Å². The first-order valence-corrected chi connectivity index (χ1v) is 13.8. The predicted molar refractivity (Wildman–Crippen MR) is 137 cm³/mol. The summed E-state index contributed by atoms with van der Waals surface area (Å²) in [6.07, 6.45) is 0.975. The standard InChI is InChI=1S/C28H31N3O3S/c32-35(33,26-9-5-2-6-10-26)29-16-24-18-30(17-22-11-12-27-23(15-22)13-14-34-27)19-28(24)20-31(21-28)25-7-3-1-4-8-25/h1-12,15,24H,13-14,16-21H2,(H-,29,32,33). The molecule has 2 unspecified atom stereocenters. The molecule has 3 aliphatic heterocycles. The molecule has 1 spiro atoms. The SMILES string of the molecule is O=[S+]([O-])(NCC1CN(Cc2ccc3c(c2)CCO3)CC12CN(c1ccccc1)C2)c1ccccc1. The number of ether oxygens (including phenoxy) is 1. The van der Waals surface area contributed by atoms with Crippen molar-refractivity contribution in [3.8, 4) is 5.75 Å². The van der Waals surface area contributed by atoms with Crippen molar-refractivity contribution < 1.29 is 13.5 Å². The number of para-hydroxylation sites is 1. The van der Waals surface area contributed by atoms with Crippen molar-refractivity contribution in [1.82, 2.24) is 9.62 Å². The van der Waals surface area contributed by atoms with Gasteiger partial charge in [-0.3, -0.25) is 4.90 Å². The highest BCUT2D eigenvalue weighted by molar-refractivity contribution is 7.95. The summed E-state index contributed by atoms with van der Waals surface area (Å²) in [6.45, 7) is 5.85. The van der Waals surface area contributed by atoms with E-state index in [1.54, 1.807) is 24.3 Å². The van der Waals surface area contributed by atoms with Crippen LogP contribution in [-0.2, 0) is 27.6 Å². The molecule has 0 radical (unpaired) electrons. The van der Waals surface area contributed by atoms with Crippen LogP contribution in [0.4, 0.5) is 5.69 Å². The summed E-state index contributed by atoms with van der Waals surface area (Å²) in [5, 5.41) is 0. The number of nitrogens with one attached hydrogen (secondary N) is 1. The van der Waals surface area contributed by atoms with Crippen molar-refractivity contribution in [2.24, 2.45) is 11.3 Å². The molecule has 3 aromatic rings. The van der Waals surface area contributed by atoms with Crippen LogP contribution in [0.2, 0.25) is 0 Å². The van der Waals surface area contributed by atoms with Crippen LogP contribution in [-0.4, -0.2) is 48.8 Å². The third-order valence-electron chi connectivity index (χ3n) is 7.75. The van der Waals surface area contributed by atoms with Crippen LogP contribution in [0, 0.1) is 11.3 Å². The van der Waals surface area contributed by atoms with Gasteiger partial charge in [-0.2, -0.15) is 0 Å². The minimum atomic E-state index is -3.53. The zero-order valence-electron chi connectivity index (χ0n) is 19.8. The summed E-state index contributed by atoms with van der Waals surface area (Å²) in [7, 11) is -3.53. The Morgan fingerprint density at radius 3 is 2.51 bits per heavy atom. The smallest absolute Gasteiger partial charge is 0.175 e. The van der Waals surface area contributed by atoms with Gasteiger partial charge in [0.15, 0.2) is 15.3 Å². The summed E-state index contributed by atoms with van der Waals surface area (Å²) in [5.74, 6) is 1.26. The average Bonchev–Trinajstić information content (AvgIpc) is 3.47. The Morgan fingerprint density at radius 1 is 1.00 bits per heavy atom. The monoisotopic (exact) mass is 489 g/mol. The molecule has 182 valence electrons. The molecule has 2 fully saturated rings. The summed E-state index contributed by atoms with van der Waals surface area (Å²) in [4.78, 5) is 5.24. The molecule has 6 rings (SSSR count). The molecule has 2 atom stereocenters. The maximum absolute atomic E-state index is 12.9. The Kier molecular flexibility index (Phi) is 5.89. The average molecular weight is 490 g/mol.